The lowest BCUT2D eigenvalue weighted by Gasteiger charge is -2.31. The minimum absolute atomic E-state index is 0.109. The molecule has 3 unspecified atom stereocenters. The number of hydrogen-bond donors (Lipinski definition) is 1. The number of carbonyl (C=O) groups is 1. The molecule has 1 heterocycles. The molecule has 2 saturated carbocycles. The lowest BCUT2D eigenvalue weighted by Crippen LogP contribution is -2.30. The maximum absolute atomic E-state index is 12.3. The molecule has 2 aliphatic rings. The maximum Gasteiger partial charge on any atom is 0.228 e. The van der Waals surface area contributed by atoms with Gasteiger partial charge in [0.05, 0.1) is 5.69 Å². The van der Waals surface area contributed by atoms with Gasteiger partial charge in [0.1, 0.15) is 0 Å². The Balaban J connectivity index is 1.57. The number of nitrogens with zero attached hydrogens (tertiary/aromatic N) is 2. The maximum atomic E-state index is 12.3. The predicted octanol–water partition coefficient (Wildman–Crippen LogP) is 3.36. The van der Waals surface area contributed by atoms with Crippen molar-refractivity contribution in [2.75, 3.05) is 5.32 Å². The van der Waals surface area contributed by atoms with Crippen molar-refractivity contribution in [3.8, 4) is 0 Å². The fourth-order valence-corrected chi connectivity index (χ4v) is 3.02. The van der Waals surface area contributed by atoms with Crippen LogP contribution in [-0.4, -0.2) is 16.1 Å². The fourth-order valence-electron chi connectivity index (χ4n) is 3.02. The summed E-state index contributed by atoms with van der Waals surface area (Å²) in [5.74, 6) is 2.79. The van der Waals surface area contributed by atoms with Crippen LogP contribution in [0.4, 0.5) is 5.82 Å². The van der Waals surface area contributed by atoms with Crippen molar-refractivity contribution in [1.82, 2.24) is 10.2 Å². The Kier molecular flexibility index (Phi) is 3.72. The summed E-state index contributed by atoms with van der Waals surface area (Å²) in [5.41, 5.74) is 1.06. The zero-order valence-electron chi connectivity index (χ0n) is 12.3. The highest BCUT2D eigenvalue weighted by Gasteiger charge is 2.29. The molecular formula is C16H23N3O. The first-order valence-electron chi connectivity index (χ1n) is 7.78. The molecule has 4 nitrogen and oxygen atoms in total. The van der Waals surface area contributed by atoms with Gasteiger partial charge in [-0.2, -0.15) is 5.10 Å². The Morgan fingerprint density at radius 2 is 1.90 bits per heavy atom. The third-order valence-electron chi connectivity index (χ3n) is 4.90. The first kappa shape index (κ1) is 13.5. The number of nitrogens with one attached hydrogen (secondary N) is 1. The van der Waals surface area contributed by atoms with Crippen molar-refractivity contribution in [3.05, 3.63) is 17.8 Å². The van der Waals surface area contributed by atoms with E-state index in [-0.39, 0.29) is 11.8 Å². The molecule has 1 aromatic heterocycles. The van der Waals surface area contributed by atoms with Gasteiger partial charge in [-0.25, -0.2) is 0 Å². The molecule has 2 fully saturated rings. The van der Waals surface area contributed by atoms with E-state index in [1.165, 1.54) is 12.8 Å². The molecule has 3 rings (SSSR count). The molecule has 0 bridgehead atoms. The summed E-state index contributed by atoms with van der Waals surface area (Å²) in [5, 5.41) is 11.2. The van der Waals surface area contributed by atoms with Gasteiger partial charge in [0.25, 0.3) is 0 Å². The summed E-state index contributed by atoms with van der Waals surface area (Å²) in [4.78, 5) is 12.3. The topological polar surface area (TPSA) is 54.9 Å². The number of hydrogen-bond acceptors (Lipinski definition) is 3. The van der Waals surface area contributed by atoms with Gasteiger partial charge in [-0.05, 0) is 56.1 Å². The van der Waals surface area contributed by atoms with E-state index < -0.39 is 0 Å². The Hall–Kier alpha value is -1.45. The van der Waals surface area contributed by atoms with E-state index in [9.17, 15) is 4.79 Å². The highest BCUT2D eigenvalue weighted by molar-refractivity contribution is 5.91. The van der Waals surface area contributed by atoms with Crippen LogP contribution in [0.15, 0.2) is 12.1 Å². The first-order chi connectivity index (χ1) is 9.63. The summed E-state index contributed by atoms with van der Waals surface area (Å²) in [7, 11) is 0. The van der Waals surface area contributed by atoms with Crippen LogP contribution in [0.1, 0.15) is 57.6 Å². The smallest absolute Gasteiger partial charge is 0.228 e. The summed E-state index contributed by atoms with van der Waals surface area (Å²) in [6.07, 6.45) is 5.56. The minimum atomic E-state index is 0.109. The average molecular weight is 273 g/mol. The van der Waals surface area contributed by atoms with Gasteiger partial charge in [-0.1, -0.05) is 13.8 Å². The van der Waals surface area contributed by atoms with Gasteiger partial charge >= 0.3 is 0 Å². The molecule has 20 heavy (non-hydrogen) atoms. The molecule has 0 saturated heterocycles. The Morgan fingerprint density at radius 1 is 1.10 bits per heavy atom. The molecule has 0 aliphatic heterocycles. The third-order valence-corrected chi connectivity index (χ3v) is 4.90. The van der Waals surface area contributed by atoms with Gasteiger partial charge < -0.3 is 5.32 Å². The van der Waals surface area contributed by atoms with Crippen molar-refractivity contribution in [3.63, 3.8) is 0 Å². The van der Waals surface area contributed by atoms with Crippen LogP contribution < -0.4 is 5.32 Å². The van der Waals surface area contributed by atoms with Crippen molar-refractivity contribution in [1.29, 1.82) is 0 Å². The average Bonchev–Trinajstić information content (AvgIpc) is 3.27. The SMILES string of the molecule is CC1CCC(C(=O)Nc2ccc(C3CC3)nn2)CC1C. The lowest BCUT2D eigenvalue weighted by atomic mass is 9.75. The van der Waals surface area contributed by atoms with E-state index in [0.717, 1.165) is 30.9 Å². The van der Waals surface area contributed by atoms with E-state index >= 15 is 0 Å². The highest BCUT2D eigenvalue weighted by atomic mass is 16.1. The molecule has 3 atom stereocenters. The van der Waals surface area contributed by atoms with Crippen molar-refractivity contribution < 1.29 is 4.79 Å². The Bertz CT molecular complexity index is 481. The number of amides is 1. The third kappa shape index (κ3) is 3.00. The molecule has 1 N–H and O–H groups in total. The van der Waals surface area contributed by atoms with Crippen LogP contribution >= 0.6 is 0 Å². The second kappa shape index (κ2) is 5.51. The van der Waals surface area contributed by atoms with Gasteiger partial charge in [-0.3, -0.25) is 4.79 Å². The van der Waals surface area contributed by atoms with Gasteiger partial charge in [-0.15, -0.1) is 5.10 Å². The molecular weight excluding hydrogens is 250 g/mol. The standard InChI is InChI=1S/C16H23N3O/c1-10-3-4-13(9-11(10)2)16(20)17-15-8-7-14(18-19-15)12-5-6-12/h7-8,10-13H,3-6,9H2,1-2H3,(H,17,19,20). The molecule has 0 spiro atoms. The summed E-state index contributed by atoms with van der Waals surface area (Å²) < 4.78 is 0. The summed E-state index contributed by atoms with van der Waals surface area (Å²) >= 11 is 0. The quantitative estimate of drug-likeness (QED) is 0.918. The van der Waals surface area contributed by atoms with Crippen LogP contribution in [-0.2, 0) is 4.79 Å². The summed E-state index contributed by atoms with van der Waals surface area (Å²) in [6, 6.07) is 3.87. The van der Waals surface area contributed by atoms with E-state index in [4.69, 9.17) is 0 Å². The van der Waals surface area contributed by atoms with Crippen LogP contribution in [0.25, 0.3) is 0 Å². The molecule has 0 aromatic carbocycles. The van der Waals surface area contributed by atoms with E-state index in [0.29, 0.717) is 17.7 Å². The zero-order chi connectivity index (χ0) is 14.1. The van der Waals surface area contributed by atoms with Crippen molar-refractivity contribution in [2.45, 2.75) is 51.9 Å². The largest absolute Gasteiger partial charge is 0.309 e. The molecule has 4 heteroatoms. The highest BCUT2D eigenvalue weighted by Crippen LogP contribution is 2.38. The van der Waals surface area contributed by atoms with E-state index in [1.807, 2.05) is 12.1 Å². The van der Waals surface area contributed by atoms with E-state index in [1.54, 1.807) is 0 Å². The van der Waals surface area contributed by atoms with Gasteiger partial charge in [0.2, 0.25) is 5.91 Å². The Morgan fingerprint density at radius 3 is 2.50 bits per heavy atom. The molecule has 1 aromatic rings. The number of aromatic nitrogens is 2. The van der Waals surface area contributed by atoms with Crippen LogP contribution in [0, 0.1) is 17.8 Å². The lowest BCUT2D eigenvalue weighted by molar-refractivity contribution is -0.121. The zero-order valence-corrected chi connectivity index (χ0v) is 12.3. The second-order valence-corrected chi connectivity index (χ2v) is 6.57. The van der Waals surface area contributed by atoms with Crippen LogP contribution in [0.3, 0.4) is 0 Å². The molecule has 2 aliphatic carbocycles. The molecule has 0 radical (unpaired) electrons. The number of rotatable bonds is 3. The van der Waals surface area contributed by atoms with Crippen LogP contribution in [0.5, 0.6) is 0 Å². The van der Waals surface area contributed by atoms with Crippen molar-refractivity contribution >= 4 is 11.7 Å². The fraction of sp³-hybridized carbons (Fsp3) is 0.688. The second-order valence-electron chi connectivity index (χ2n) is 6.57. The normalized spacial score (nSPS) is 30.0. The first-order valence-corrected chi connectivity index (χ1v) is 7.78. The Labute approximate surface area is 120 Å². The summed E-state index contributed by atoms with van der Waals surface area (Å²) in [6.45, 7) is 4.52. The van der Waals surface area contributed by atoms with Crippen molar-refractivity contribution in [2.24, 2.45) is 17.8 Å². The van der Waals surface area contributed by atoms with Gasteiger partial charge in [0.15, 0.2) is 5.82 Å². The monoisotopic (exact) mass is 273 g/mol. The number of anilines is 1. The minimum Gasteiger partial charge on any atom is -0.309 e. The molecule has 108 valence electrons. The van der Waals surface area contributed by atoms with Gasteiger partial charge in [0, 0.05) is 11.8 Å². The number of carbonyl (C=O) groups excluding carboxylic acids is 1. The van der Waals surface area contributed by atoms with E-state index in [2.05, 4.69) is 29.4 Å². The predicted molar refractivity (Wildman–Crippen MR) is 78.3 cm³/mol. The molecule has 1 amide bonds. The van der Waals surface area contributed by atoms with Crippen LogP contribution in [0.2, 0.25) is 0 Å².